The standard InChI is InChI=1S/C19H16Cl3N3O7S/c20-19(21,22)17(30)24-18(31)32-7-10-8-33-15-12(14(27)25(15)13(10)16(28)29)23-11(26)6-9-4-2-1-3-5-9/h1-5,12,15H,6-8H2,(H,23,26)(H,28,29)(H,24,30,31)/t12-,15-/m1/s1. The second-order valence-corrected chi connectivity index (χ2v) is 10.3. The molecular formula is C19H16Cl3N3O7S. The molecule has 2 heterocycles. The smallest absolute Gasteiger partial charge is 0.414 e. The number of nitrogens with one attached hydrogen (secondary N) is 2. The molecule has 1 fully saturated rings. The Bertz CT molecular complexity index is 1030. The summed E-state index contributed by atoms with van der Waals surface area (Å²) in [4.78, 5) is 61.0. The monoisotopic (exact) mass is 535 g/mol. The first-order valence-corrected chi connectivity index (χ1v) is 11.5. The maximum atomic E-state index is 12.6. The summed E-state index contributed by atoms with van der Waals surface area (Å²) in [5.41, 5.74) is 0.549. The van der Waals surface area contributed by atoms with Gasteiger partial charge in [-0.3, -0.25) is 24.6 Å². The number of carbonyl (C=O) groups is 5. The molecule has 0 spiro atoms. The number of carboxylic acid groups (broad SMARTS) is 1. The lowest BCUT2D eigenvalue weighted by atomic mass is 10.0. The highest BCUT2D eigenvalue weighted by Gasteiger charge is 2.54. The summed E-state index contributed by atoms with van der Waals surface area (Å²) < 4.78 is 2.45. The number of nitrogens with zero attached hydrogens (tertiary/aromatic N) is 1. The molecule has 33 heavy (non-hydrogen) atoms. The van der Waals surface area contributed by atoms with Crippen LogP contribution in [0.4, 0.5) is 4.79 Å². The lowest BCUT2D eigenvalue weighted by Crippen LogP contribution is -2.70. The first kappa shape index (κ1) is 25.2. The van der Waals surface area contributed by atoms with E-state index in [9.17, 15) is 29.1 Å². The molecule has 0 radical (unpaired) electrons. The van der Waals surface area contributed by atoms with E-state index in [0.29, 0.717) is 0 Å². The van der Waals surface area contributed by atoms with Crippen molar-refractivity contribution >= 4 is 76.3 Å². The topological polar surface area (TPSA) is 142 Å². The van der Waals surface area contributed by atoms with Crippen LogP contribution in [0.5, 0.6) is 0 Å². The third kappa shape index (κ3) is 5.91. The average Bonchev–Trinajstić information content (AvgIpc) is 2.75. The molecule has 1 saturated heterocycles. The molecule has 4 amide bonds. The van der Waals surface area contributed by atoms with Crippen LogP contribution in [-0.4, -0.2) is 67.4 Å². The van der Waals surface area contributed by atoms with Crippen molar-refractivity contribution in [2.45, 2.75) is 21.6 Å². The summed E-state index contributed by atoms with van der Waals surface area (Å²) in [6.07, 6.45) is -1.18. The summed E-state index contributed by atoms with van der Waals surface area (Å²) in [7, 11) is 0. The number of alkyl carbamates (subject to hydrolysis) is 1. The number of carbonyl (C=O) groups excluding carboxylic acids is 4. The molecule has 1 aromatic carbocycles. The molecule has 2 atom stereocenters. The number of fused-ring (bicyclic) bond motifs is 1. The Morgan fingerprint density at radius 2 is 1.85 bits per heavy atom. The van der Waals surface area contributed by atoms with E-state index >= 15 is 0 Å². The molecule has 0 bridgehead atoms. The van der Waals surface area contributed by atoms with Gasteiger partial charge in [0.05, 0.1) is 6.42 Å². The second-order valence-electron chi connectivity index (χ2n) is 6.90. The Morgan fingerprint density at radius 3 is 2.45 bits per heavy atom. The minimum Gasteiger partial charge on any atom is -0.477 e. The lowest BCUT2D eigenvalue weighted by molar-refractivity contribution is -0.150. The van der Waals surface area contributed by atoms with Crippen molar-refractivity contribution in [2.75, 3.05) is 12.4 Å². The number of alkyl halides is 3. The number of benzene rings is 1. The molecule has 2 aliphatic rings. The number of rotatable bonds is 6. The van der Waals surface area contributed by atoms with Gasteiger partial charge in [0.2, 0.25) is 5.91 Å². The Labute approximate surface area is 206 Å². The fourth-order valence-electron chi connectivity index (χ4n) is 3.15. The summed E-state index contributed by atoms with van der Waals surface area (Å²) in [6, 6.07) is 8.06. The van der Waals surface area contributed by atoms with E-state index in [4.69, 9.17) is 39.5 Å². The Morgan fingerprint density at radius 1 is 1.18 bits per heavy atom. The van der Waals surface area contributed by atoms with E-state index in [-0.39, 0.29) is 29.4 Å². The SMILES string of the molecule is O=C(Cc1ccccc1)N[C@@H]1C(=O)N2C(C(=O)O)=C(COC(=O)NC(=O)C(Cl)(Cl)Cl)CS[C@H]12. The van der Waals surface area contributed by atoms with Crippen LogP contribution < -0.4 is 10.6 Å². The third-order valence-electron chi connectivity index (χ3n) is 4.62. The Kier molecular flexibility index (Phi) is 7.78. The minimum atomic E-state index is -2.39. The van der Waals surface area contributed by atoms with Crippen molar-refractivity contribution in [3.63, 3.8) is 0 Å². The number of carboxylic acids is 1. The molecule has 0 aromatic heterocycles. The van der Waals surface area contributed by atoms with Gasteiger partial charge in [-0.15, -0.1) is 11.8 Å². The Hall–Kier alpha value is -2.47. The maximum Gasteiger partial charge on any atom is 0.414 e. The quantitative estimate of drug-likeness (QED) is 0.368. The zero-order valence-electron chi connectivity index (χ0n) is 16.5. The van der Waals surface area contributed by atoms with Gasteiger partial charge >= 0.3 is 12.1 Å². The predicted molar refractivity (Wildman–Crippen MR) is 120 cm³/mol. The van der Waals surface area contributed by atoms with Crippen LogP contribution in [0.15, 0.2) is 41.6 Å². The summed E-state index contributed by atoms with van der Waals surface area (Å²) in [5, 5.41) is 13.3. The van der Waals surface area contributed by atoms with Crippen LogP contribution >= 0.6 is 46.6 Å². The van der Waals surface area contributed by atoms with Gasteiger partial charge in [-0.1, -0.05) is 65.1 Å². The number of hydrogen-bond acceptors (Lipinski definition) is 7. The molecule has 3 rings (SSSR count). The fraction of sp³-hybridized carbons (Fsp3) is 0.316. The number of halogens is 3. The van der Waals surface area contributed by atoms with Crippen molar-refractivity contribution in [1.29, 1.82) is 0 Å². The van der Waals surface area contributed by atoms with Gasteiger partial charge in [-0.05, 0) is 5.56 Å². The van der Waals surface area contributed by atoms with E-state index in [1.54, 1.807) is 29.6 Å². The van der Waals surface area contributed by atoms with Gasteiger partial charge < -0.3 is 15.2 Å². The van der Waals surface area contributed by atoms with Gasteiger partial charge in [0.15, 0.2) is 0 Å². The van der Waals surface area contributed by atoms with Crippen LogP contribution in [0.3, 0.4) is 0 Å². The van der Waals surface area contributed by atoms with Crippen molar-refractivity contribution in [2.24, 2.45) is 0 Å². The average molecular weight is 537 g/mol. The number of β-lactam (4-membered cyclic amide) rings is 1. The number of imide groups is 1. The van der Waals surface area contributed by atoms with E-state index in [1.807, 2.05) is 6.07 Å². The van der Waals surface area contributed by atoms with Crippen molar-refractivity contribution in [1.82, 2.24) is 15.5 Å². The van der Waals surface area contributed by atoms with Gasteiger partial charge in [-0.2, -0.15) is 0 Å². The van der Waals surface area contributed by atoms with Crippen LogP contribution in [-0.2, 0) is 30.3 Å². The first-order valence-electron chi connectivity index (χ1n) is 9.27. The molecule has 1 aromatic rings. The number of thioether (sulfide) groups is 1. The highest BCUT2D eigenvalue weighted by Crippen LogP contribution is 2.40. The van der Waals surface area contributed by atoms with E-state index in [1.165, 1.54) is 11.8 Å². The summed E-state index contributed by atoms with van der Waals surface area (Å²) >= 11 is 17.2. The molecule has 176 valence electrons. The molecule has 14 heteroatoms. The normalized spacial score (nSPS) is 19.8. The van der Waals surface area contributed by atoms with Gasteiger partial charge in [-0.25, -0.2) is 9.59 Å². The van der Waals surface area contributed by atoms with E-state index < -0.39 is 45.7 Å². The van der Waals surface area contributed by atoms with Crippen LogP contribution in [0.25, 0.3) is 0 Å². The molecule has 0 aliphatic carbocycles. The highest BCUT2D eigenvalue weighted by atomic mass is 35.6. The van der Waals surface area contributed by atoms with Crippen LogP contribution in [0, 0.1) is 0 Å². The molecule has 2 aliphatic heterocycles. The van der Waals surface area contributed by atoms with Gasteiger partial charge in [0.1, 0.15) is 23.7 Å². The minimum absolute atomic E-state index is 0.0742. The predicted octanol–water partition coefficient (Wildman–Crippen LogP) is 1.59. The van der Waals surface area contributed by atoms with Crippen LogP contribution in [0.2, 0.25) is 0 Å². The van der Waals surface area contributed by atoms with E-state index in [2.05, 4.69) is 5.32 Å². The second kappa shape index (κ2) is 10.2. The largest absolute Gasteiger partial charge is 0.477 e. The number of amides is 4. The number of aliphatic carboxylic acids is 1. The van der Waals surface area contributed by atoms with Crippen molar-refractivity contribution in [3.8, 4) is 0 Å². The van der Waals surface area contributed by atoms with E-state index in [0.717, 1.165) is 10.5 Å². The molecule has 0 unspecified atom stereocenters. The molecular weight excluding hydrogens is 521 g/mol. The summed E-state index contributed by atoms with van der Waals surface area (Å²) in [5.74, 6) is -3.51. The number of ether oxygens (including phenoxy) is 1. The van der Waals surface area contributed by atoms with Crippen LogP contribution in [0.1, 0.15) is 5.56 Å². The first-order chi connectivity index (χ1) is 15.5. The van der Waals surface area contributed by atoms with Gasteiger partial charge in [0.25, 0.3) is 15.6 Å². The highest BCUT2D eigenvalue weighted by molar-refractivity contribution is 8.00. The van der Waals surface area contributed by atoms with Gasteiger partial charge in [0, 0.05) is 11.3 Å². The number of hydrogen-bond donors (Lipinski definition) is 3. The lowest BCUT2D eigenvalue weighted by Gasteiger charge is -2.49. The van der Waals surface area contributed by atoms with Crippen molar-refractivity contribution in [3.05, 3.63) is 47.2 Å². The van der Waals surface area contributed by atoms with Crippen molar-refractivity contribution < 1.29 is 33.8 Å². The molecule has 3 N–H and O–H groups in total. The zero-order chi connectivity index (χ0) is 24.3. The third-order valence-corrected chi connectivity index (χ3v) is 6.48. The molecule has 10 nitrogen and oxygen atoms in total. The maximum absolute atomic E-state index is 12.6. The Balaban J connectivity index is 1.63. The fourth-order valence-corrected chi connectivity index (χ4v) is 4.62. The zero-order valence-corrected chi connectivity index (χ0v) is 19.6. The molecule has 0 saturated carbocycles. The summed E-state index contributed by atoms with van der Waals surface area (Å²) in [6.45, 7) is -0.519.